The number of benzene rings is 5. The smallest absolute Gasteiger partial charge is 0.343 e. The van der Waals surface area contributed by atoms with Gasteiger partial charge in [0.05, 0.1) is 5.56 Å². The number of halogens is 2. The van der Waals surface area contributed by atoms with Crippen molar-refractivity contribution in [1.82, 2.24) is 0 Å². The molecular weight excluding hydrogens is 619 g/mol. The lowest BCUT2D eigenvalue weighted by Gasteiger charge is -2.25. The van der Waals surface area contributed by atoms with Gasteiger partial charge in [-0.3, -0.25) is 0 Å². The first-order chi connectivity index (χ1) is 18.2. The first-order valence-electron chi connectivity index (χ1n) is 12.0. The fourth-order valence-corrected chi connectivity index (χ4v) is 8.43. The number of carbonyl (C=O) groups excluding carboxylic acids is 1. The van der Waals surface area contributed by atoms with Crippen LogP contribution in [0.4, 0.5) is 0 Å². The maximum Gasteiger partial charge on any atom is 0.343 e. The zero-order chi connectivity index (χ0) is 25.5. The van der Waals surface area contributed by atoms with E-state index in [-0.39, 0.29) is 17.0 Å². The van der Waals surface area contributed by atoms with Crippen LogP contribution < -0.4 is 32.9 Å². The average Bonchev–Trinajstić information content (AvgIpc) is 2.97. The average molecular weight is 644 g/mol. The summed E-state index contributed by atoms with van der Waals surface area (Å²) in [4.78, 5) is 13.4. The van der Waals surface area contributed by atoms with Crippen LogP contribution in [0.3, 0.4) is 0 Å². The van der Waals surface area contributed by atoms with Crippen LogP contribution >= 0.6 is 23.2 Å². The van der Waals surface area contributed by atoms with Crippen LogP contribution in [0.2, 0.25) is 0 Å². The number of esters is 1. The van der Waals surface area contributed by atoms with Gasteiger partial charge in [0.2, 0.25) is 0 Å². The molecule has 5 heteroatoms. The largest absolute Gasteiger partial charge is 1.00 e. The van der Waals surface area contributed by atoms with E-state index < -0.39 is 13.2 Å². The van der Waals surface area contributed by atoms with E-state index in [0.717, 1.165) is 10.0 Å². The first kappa shape index (κ1) is 27.7. The minimum Gasteiger partial charge on any atom is -1.00 e. The molecule has 5 rings (SSSR count). The molecule has 0 N–H and O–H groups in total. The van der Waals surface area contributed by atoms with Crippen LogP contribution in [0.25, 0.3) is 5.76 Å². The molecule has 0 aliphatic rings. The van der Waals surface area contributed by atoms with E-state index in [1.165, 1.54) is 15.9 Å². The zero-order valence-electron chi connectivity index (χ0n) is 20.5. The zero-order valence-corrected chi connectivity index (χ0v) is 24.5. The molecule has 0 aromatic heterocycles. The standard InChI is InChI=1S/C33H25BrO2P.BrH/c34-28-23-21-27(22-24-28)33(35)36-32(26-13-5-1-6-14-26)25-37(29-15-7-2-8-16-29,30-17-9-3-10-18-30)31-19-11-4-12-20-31;/h1-25H;1H/q+1;/p-1. The Morgan fingerprint density at radius 2 is 0.947 bits per heavy atom. The van der Waals surface area contributed by atoms with Crippen LogP contribution in [0.1, 0.15) is 15.9 Å². The first-order valence-corrected chi connectivity index (χ1v) is 14.6. The predicted octanol–water partition coefficient (Wildman–Crippen LogP) is 4.60. The Morgan fingerprint density at radius 3 is 1.37 bits per heavy atom. The summed E-state index contributed by atoms with van der Waals surface area (Å²) in [6.07, 6.45) is 0. The summed E-state index contributed by atoms with van der Waals surface area (Å²) >= 11 is 3.44. The third-order valence-corrected chi connectivity index (χ3v) is 10.6. The summed E-state index contributed by atoms with van der Waals surface area (Å²) in [5.74, 6) is 2.34. The van der Waals surface area contributed by atoms with Gasteiger partial charge in [0.1, 0.15) is 29.0 Å². The molecule has 5 aromatic carbocycles. The Kier molecular flexibility index (Phi) is 9.47. The van der Waals surface area contributed by atoms with Crippen molar-refractivity contribution >= 4 is 50.8 Å². The third-order valence-electron chi connectivity index (χ3n) is 6.14. The van der Waals surface area contributed by atoms with Crippen molar-refractivity contribution in [3.05, 3.63) is 167 Å². The Hall–Kier alpha value is -3.30. The van der Waals surface area contributed by atoms with Gasteiger partial charge in [-0.2, -0.15) is 0 Å². The third kappa shape index (κ3) is 6.05. The van der Waals surface area contributed by atoms with Gasteiger partial charge in [-0.1, -0.05) is 101 Å². The van der Waals surface area contributed by atoms with Crippen molar-refractivity contribution in [2.45, 2.75) is 0 Å². The van der Waals surface area contributed by atoms with Gasteiger partial charge in [-0.05, 0) is 60.7 Å². The van der Waals surface area contributed by atoms with Gasteiger partial charge in [-0.25, -0.2) is 4.79 Å². The van der Waals surface area contributed by atoms with Gasteiger partial charge in [0.15, 0.2) is 5.76 Å². The topological polar surface area (TPSA) is 26.3 Å². The molecule has 2 nitrogen and oxygen atoms in total. The molecule has 0 spiro atoms. The minimum absolute atomic E-state index is 0. The van der Waals surface area contributed by atoms with Gasteiger partial charge in [-0.15, -0.1) is 0 Å². The second-order valence-electron chi connectivity index (χ2n) is 8.49. The van der Waals surface area contributed by atoms with Gasteiger partial charge in [0.25, 0.3) is 0 Å². The summed E-state index contributed by atoms with van der Waals surface area (Å²) in [6.45, 7) is 0. The quantitative estimate of drug-likeness (QED) is 0.147. The lowest BCUT2D eigenvalue weighted by atomic mass is 10.2. The van der Waals surface area contributed by atoms with E-state index >= 15 is 0 Å². The molecule has 188 valence electrons. The molecule has 0 saturated carbocycles. The Morgan fingerprint density at radius 1 is 0.553 bits per heavy atom. The molecule has 0 bridgehead atoms. The SMILES string of the molecule is O=C(OC(=C[P+](c1ccccc1)(c1ccccc1)c1ccccc1)c1ccccc1)c1ccc(Br)cc1.[Br-]. The maximum absolute atomic E-state index is 13.4. The van der Waals surface area contributed by atoms with Crippen molar-refractivity contribution in [2.24, 2.45) is 0 Å². The summed E-state index contributed by atoms with van der Waals surface area (Å²) in [5, 5.41) is 3.54. The van der Waals surface area contributed by atoms with Crippen LogP contribution in [0.15, 0.2) is 156 Å². The fraction of sp³-hybridized carbons (Fsp3) is 0. The van der Waals surface area contributed by atoms with Crippen LogP contribution in [-0.4, -0.2) is 5.97 Å². The highest BCUT2D eigenvalue weighted by molar-refractivity contribution is 9.10. The van der Waals surface area contributed by atoms with Crippen molar-refractivity contribution in [3.8, 4) is 0 Å². The lowest BCUT2D eigenvalue weighted by Crippen LogP contribution is -3.00. The summed E-state index contributed by atoms with van der Waals surface area (Å²) in [5.41, 5.74) is 1.34. The Bertz CT molecular complexity index is 1390. The van der Waals surface area contributed by atoms with Crippen molar-refractivity contribution < 1.29 is 26.5 Å². The summed E-state index contributed by atoms with van der Waals surface area (Å²) in [7, 11) is -2.38. The van der Waals surface area contributed by atoms with Crippen molar-refractivity contribution in [1.29, 1.82) is 0 Å². The number of ether oxygens (including phenoxy) is 1. The molecule has 0 amide bonds. The molecule has 0 aliphatic carbocycles. The number of rotatable bonds is 7. The molecule has 38 heavy (non-hydrogen) atoms. The van der Waals surface area contributed by atoms with Crippen molar-refractivity contribution in [2.75, 3.05) is 0 Å². The van der Waals surface area contributed by atoms with Gasteiger partial charge in [0, 0.05) is 10.0 Å². The number of hydrogen-bond donors (Lipinski definition) is 0. The molecule has 0 atom stereocenters. The monoisotopic (exact) mass is 642 g/mol. The molecule has 0 saturated heterocycles. The highest BCUT2D eigenvalue weighted by Gasteiger charge is 2.45. The highest BCUT2D eigenvalue weighted by Crippen LogP contribution is 2.58. The second-order valence-corrected chi connectivity index (χ2v) is 12.7. The molecule has 0 unspecified atom stereocenters. The minimum atomic E-state index is -2.38. The van der Waals surface area contributed by atoms with E-state index in [9.17, 15) is 4.79 Å². The van der Waals surface area contributed by atoms with Gasteiger partial charge < -0.3 is 21.7 Å². The van der Waals surface area contributed by atoms with E-state index in [1.54, 1.807) is 12.1 Å². The maximum atomic E-state index is 13.4. The highest BCUT2D eigenvalue weighted by atomic mass is 79.9. The van der Waals surface area contributed by atoms with Crippen LogP contribution in [0.5, 0.6) is 0 Å². The molecule has 0 fully saturated rings. The Balaban J connectivity index is 0.00000336. The molecule has 5 aromatic rings. The van der Waals surface area contributed by atoms with E-state index in [1.807, 2.05) is 60.7 Å². The number of hydrogen-bond acceptors (Lipinski definition) is 2. The Labute approximate surface area is 243 Å². The van der Waals surface area contributed by atoms with E-state index in [2.05, 4.69) is 94.5 Å². The van der Waals surface area contributed by atoms with E-state index in [4.69, 9.17) is 4.74 Å². The van der Waals surface area contributed by atoms with Crippen LogP contribution in [0, 0.1) is 0 Å². The van der Waals surface area contributed by atoms with E-state index in [0.29, 0.717) is 11.3 Å². The second kappa shape index (κ2) is 13.0. The molecular formula is C33H25Br2O2P. The van der Waals surface area contributed by atoms with Crippen molar-refractivity contribution in [3.63, 3.8) is 0 Å². The molecule has 0 heterocycles. The molecule has 0 radical (unpaired) electrons. The number of carbonyl (C=O) groups is 1. The predicted molar refractivity (Wildman–Crippen MR) is 159 cm³/mol. The molecule has 0 aliphatic heterocycles. The van der Waals surface area contributed by atoms with Crippen LogP contribution in [-0.2, 0) is 4.74 Å². The normalized spacial score (nSPS) is 11.3. The summed E-state index contributed by atoms with van der Waals surface area (Å²) < 4.78 is 7.12. The fourth-order valence-electron chi connectivity index (χ4n) is 4.34. The lowest BCUT2D eigenvalue weighted by molar-refractivity contribution is -0.0000210. The van der Waals surface area contributed by atoms with Gasteiger partial charge >= 0.3 is 5.97 Å². The summed E-state index contributed by atoms with van der Waals surface area (Å²) in [6, 6.07) is 48.6.